The number of ether oxygens (including phenoxy) is 1. The van der Waals surface area contributed by atoms with Gasteiger partial charge in [0.1, 0.15) is 0 Å². The molecule has 4 heteroatoms. The van der Waals surface area contributed by atoms with E-state index in [1.165, 1.54) is 25.3 Å². The molecular weight excluding hydrogens is 199 g/mol. The predicted octanol–water partition coefficient (Wildman–Crippen LogP) is 2.32. The molecule has 0 aliphatic carbocycles. The van der Waals surface area contributed by atoms with Crippen LogP contribution in [0.2, 0.25) is 0 Å². The second-order valence-electron chi connectivity index (χ2n) is 2.83. The van der Waals surface area contributed by atoms with Gasteiger partial charge in [-0.15, -0.1) is 0 Å². The van der Waals surface area contributed by atoms with E-state index in [2.05, 4.69) is 0 Å². The average molecular weight is 210 g/mol. The molecule has 0 atom stereocenters. The molecule has 0 unspecified atom stereocenters. The number of allylic oxidation sites excluding steroid dienone is 1. The van der Waals surface area contributed by atoms with Gasteiger partial charge in [-0.1, -0.05) is 18.2 Å². The van der Waals surface area contributed by atoms with Crippen molar-refractivity contribution < 1.29 is 19.0 Å². The van der Waals surface area contributed by atoms with Crippen LogP contribution >= 0.6 is 0 Å². The first-order chi connectivity index (χ1) is 7.11. The highest BCUT2D eigenvalue weighted by molar-refractivity contribution is 6.15. The lowest BCUT2D eigenvalue weighted by atomic mass is 10.0. The van der Waals surface area contributed by atoms with E-state index in [1.54, 1.807) is 13.0 Å². The lowest BCUT2D eigenvalue weighted by Gasteiger charge is -2.07. The van der Waals surface area contributed by atoms with E-state index < -0.39 is 11.8 Å². The third kappa shape index (κ3) is 2.15. The summed E-state index contributed by atoms with van der Waals surface area (Å²) in [6.07, 6.45) is 1.35. The number of carboxylic acids is 1. The summed E-state index contributed by atoms with van der Waals surface area (Å²) >= 11 is 0. The van der Waals surface area contributed by atoms with Gasteiger partial charge in [-0.3, -0.25) is 0 Å². The fraction of sp³-hybridized carbons (Fsp3) is 0.182. The standard InChI is InChI=1S/C11H11FO3/c1-3-7(11(13)14)8-5-4-6-9(15-2)10(8)12/h3-6H,1-2H3,(H,13,14). The Morgan fingerprint density at radius 1 is 1.53 bits per heavy atom. The van der Waals surface area contributed by atoms with Gasteiger partial charge >= 0.3 is 5.97 Å². The van der Waals surface area contributed by atoms with Gasteiger partial charge in [0.25, 0.3) is 0 Å². The molecule has 0 saturated heterocycles. The SMILES string of the molecule is CC=C(C(=O)O)c1cccc(OC)c1F. The van der Waals surface area contributed by atoms with Crippen LogP contribution in [-0.4, -0.2) is 18.2 Å². The monoisotopic (exact) mass is 210 g/mol. The summed E-state index contributed by atoms with van der Waals surface area (Å²) < 4.78 is 18.4. The Labute approximate surface area is 86.8 Å². The first-order valence-corrected chi connectivity index (χ1v) is 4.34. The predicted molar refractivity (Wildman–Crippen MR) is 54.2 cm³/mol. The molecule has 1 rings (SSSR count). The Hall–Kier alpha value is -1.84. The average Bonchev–Trinajstić information content (AvgIpc) is 2.21. The van der Waals surface area contributed by atoms with E-state index in [9.17, 15) is 9.18 Å². The summed E-state index contributed by atoms with van der Waals surface area (Å²) in [7, 11) is 1.33. The minimum atomic E-state index is -1.16. The second-order valence-corrected chi connectivity index (χ2v) is 2.83. The maximum absolute atomic E-state index is 13.6. The van der Waals surface area contributed by atoms with E-state index in [1.807, 2.05) is 0 Å². The zero-order chi connectivity index (χ0) is 11.4. The molecule has 0 fully saturated rings. The third-order valence-electron chi connectivity index (χ3n) is 1.99. The molecule has 0 heterocycles. The van der Waals surface area contributed by atoms with Crippen molar-refractivity contribution >= 4 is 11.5 Å². The van der Waals surface area contributed by atoms with Gasteiger partial charge in [-0.25, -0.2) is 9.18 Å². The first-order valence-electron chi connectivity index (χ1n) is 4.34. The minimum Gasteiger partial charge on any atom is -0.494 e. The number of rotatable bonds is 3. The zero-order valence-corrected chi connectivity index (χ0v) is 8.45. The summed E-state index contributed by atoms with van der Waals surface area (Å²) in [4.78, 5) is 10.8. The Kier molecular flexibility index (Phi) is 3.44. The van der Waals surface area contributed by atoms with Crippen molar-refractivity contribution in [1.82, 2.24) is 0 Å². The molecule has 80 valence electrons. The molecule has 3 nitrogen and oxygen atoms in total. The molecule has 15 heavy (non-hydrogen) atoms. The summed E-state index contributed by atoms with van der Waals surface area (Å²) in [6, 6.07) is 4.39. The fourth-order valence-electron chi connectivity index (χ4n) is 1.27. The van der Waals surface area contributed by atoms with Gasteiger partial charge in [-0.2, -0.15) is 0 Å². The van der Waals surface area contributed by atoms with Gasteiger partial charge in [0.2, 0.25) is 0 Å². The highest BCUT2D eigenvalue weighted by atomic mass is 19.1. The van der Waals surface area contributed by atoms with Crippen LogP contribution in [-0.2, 0) is 4.79 Å². The van der Waals surface area contributed by atoms with Gasteiger partial charge < -0.3 is 9.84 Å². The Bertz CT molecular complexity index is 410. The lowest BCUT2D eigenvalue weighted by molar-refractivity contribution is -0.130. The van der Waals surface area contributed by atoms with Gasteiger partial charge in [0.05, 0.1) is 12.7 Å². The largest absolute Gasteiger partial charge is 0.494 e. The van der Waals surface area contributed by atoms with Crippen molar-refractivity contribution in [3.63, 3.8) is 0 Å². The van der Waals surface area contributed by atoms with Crippen LogP contribution in [0.15, 0.2) is 24.3 Å². The van der Waals surface area contributed by atoms with Crippen LogP contribution in [0.5, 0.6) is 5.75 Å². The summed E-state index contributed by atoms with van der Waals surface area (Å²) in [6.45, 7) is 1.54. The number of hydrogen-bond donors (Lipinski definition) is 1. The van der Waals surface area contributed by atoms with Crippen LogP contribution in [0.25, 0.3) is 5.57 Å². The Morgan fingerprint density at radius 2 is 2.20 bits per heavy atom. The molecule has 0 aromatic heterocycles. The third-order valence-corrected chi connectivity index (χ3v) is 1.99. The van der Waals surface area contributed by atoms with Crippen LogP contribution in [0.4, 0.5) is 4.39 Å². The number of benzene rings is 1. The highest BCUT2D eigenvalue weighted by Gasteiger charge is 2.16. The number of hydrogen-bond acceptors (Lipinski definition) is 2. The molecule has 1 aromatic carbocycles. The van der Waals surface area contributed by atoms with E-state index in [-0.39, 0.29) is 16.9 Å². The first kappa shape index (κ1) is 11.2. The van der Waals surface area contributed by atoms with E-state index in [4.69, 9.17) is 9.84 Å². The van der Waals surface area contributed by atoms with E-state index >= 15 is 0 Å². The zero-order valence-electron chi connectivity index (χ0n) is 8.45. The van der Waals surface area contributed by atoms with Crippen molar-refractivity contribution in [1.29, 1.82) is 0 Å². The summed E-state index contributed by atoms with van der Waals surface area (Å²) in [5, 5.41) is 8.84. The topological polar surface area (TPSA) is 46.5 Å². The molecule has 0 aliphatic heterocycles. The van der Waals surface area contributed by atoms with Crippen molar-refractivity contribution in [3.05, 3.63) is 35.7 Å². The normalized spacial score (nSPS) is 11.3. The van der Waals surface area contributed by atoms with Crippen LogP contribution in [0.1, 0.15) is 12.5 Å². The van der Waals surface area contributed by atoms with E-state index in [0.29, 0.717) is 0 Å². The Morgan fingerprint density at radius 3 is 2.67 bits per heavy atom. The number of aliphatic carboxylic acids is 1. The van der Waals surface area contributed by atoms with Crippen LogP contribution < -0.4 is 4.74 Å². The van der Waals surface area contributed by atoms with E-state index in [0.717, 1.165) is 0 Å². The Balaban J connectivity index is 3.31. The molecule has 0 saturated carbocycles. The van der Waals surface area contributed by atoms with Crippen molar-refractivity contribution in [2.75, 3.05) is 7.11 Å². The molecule has 1 aromatic rings. The van der Waals surface area contributed by atoms with Crippen LogP contribution in [0, 0.1) is 5.82 Å². The molecule has 0 radical (unpaired) electrons. The maximum atomic E-state index is 13.6. The summed E-state index contributed by atoms with van der Waals surface area (Å²) in [5.41, 5.74) is -0.0456. The quantitative estimate of drug-likeness (QED) is 0.779. The van der Waals surface area contributed by atoms with Crippen LogP contribution in [0.3, 0.4) is 0 Å². The minimum absolute atomic E-state index is 0.0318. The number of carboxylic acid groups (broad SMARTS) is 1. The van der Waals surface area contributed by atoms with Crippen molar-refractivity contribution in [3.8, 4) is 5.75 Å². The second kappa shape index (κ2) is 4.59. The highest BCUT2D eigenvalue weighted by Crippen LogP contribution is 2.25. The van der Waals surface area contributed by atoms with Gasteiger partial charge in [0.15, 0.2) is 11.6 Å². The lowest BCUT2D eigenvalue weighted by Crippen LogP contribution is -2.02. The molecule has 1 N–H and O–H groups in total. The summed E-state index contributed by atoms with van der Waals surface area (Å²) in [5.74, 6) is -1.78. The molecular formula is C11H11FO3. The molecule has 0 spiro atoms. The maximum Gasteiger partial charge on any atom is 0.336 e. The number of carbonyl (C=O) groups is 1. The van der Waals surface area contributed by atoms with Gasteiger partial charge in [-0.05, 0) is 13.0 Å². The fourth-order valence-corrected chi connectivity index (χ4v) is 1.27. The number of methoxy groups -OCH3 is 1. The number of halogens is 1. The smallest absolute Gasteiger partial charge is 0.336 e. The van der Waals surface area contributed by atoms with Crippen molar-refractivity contribution in [2.24, 2.45) is 0 Å². The molecule has 0 aliphatic rings. The molecule has 0 amide bonds. The van der Waals surface area contributed by atoms with Crippen molar-refractivity contribution in [2.45, 2.75) is 6.92 Å². The molecule has 0 bridgehead atoms. The van der Waals surface area contributed by atoms with Gasteiger partial charge in [0, 0.05) is 5.56 Å².